The number of amides is 1. The Balaban J connectivity index is 1.94. The molecule has 0 aromatic heterocycles. The van der Waals surface area contributed by atoms with Gasteiger partial charge in [0.2, 0.25) is 0 Å². The van der Waals surface area contributed by atoms with Gasteiger partial charge in [0.1, 0.15) is 0 Å². The Kier molecular flexibility index (Phi) is 3.78. The average Bonchev–Trinajstić information content (AvgIpc) is 2.32. The fourth-order valence-corrected chi connectivity index (χ4v) is 2.02. The first-order valence-corrected chi connectivity index (χ1v) is 5.89. The maximum absolute atomic E-state index is 12.5. The molecule has 1 aromatic carbocycles. The Morgan fingerprint density at radius 2 is 2.00 bits per heavy atom. The Morgan fingerprint density at radius 3 is 2.58 bits per heavy atom. The van der Waals surface area contributed by atoms with E-state index in [-0.39, 0.29) is 17.2 Å². The van der Waals surface area contributed by atoms with Crippen molar-refractivity contribution in [1.82, 2.24) is 5.32 Å². The van der Waals surface area contributed by atoms with Crippen molar-refractivity contribution in [2.75, 3.05) is 0 Å². The molecule has 0 saturated heterocycles. The second kappa shape index (κ2) is 5.34. The van der Waals surface area contributed by atoms with Crippen LogP contribution in [0.25, 0.3) is 0 Å². The number of aliphatic carboxylic acids is 1. The minimum atomic E-state index is -2.62. The Bertz CT molecular complexity index is 498. The van der Waals surface area contributed by atoms with Crippen molar-refractivity contribution < 1.29 is 23.5 Å². The molecule has 1 amide bonds. The van der Waals surface area contributed by atoms with Crippen molar-refractivity contribution in [2.45, 2.75) is 25.3 Å². The van der Waals surface area contributed by atoms with Gasteiger partial charge in [-0.2, -0.15) is 0 Å². The summed E-state index contributed by atoms with van der Waals surface area (Å²) in [5.74, 6) is -1.74. The highest BCUT2D eigenvalue weighted by molar-refractivity contribution is 5.94. The second-order valence-electron chi connectivity index (χ2n) is 4.60. The highest BCUT2D eigenvalue weighted by Crippen LogP contribution is 2.28. The molecule has 4 nitrogen and oxygen atoms in total. The molecule has 2 N–H and O–H groups in total. The maximum atomic E-state index is 12.5. The molecule has 1 aliphatic rings. The molecule has 6 heteroatoms. The van der Waals surface area contributed by atoms with E-state index in [1.165, 1.54) is 18.2 Å². The number of rotatable bonds is 4. The summed E-state index contributed by atoms with van der Waals surface area (Å²) >= 11 is 0. The number of benzene rings is 1. The van der Waals surface area contributed by atoms with Crippen LogP contribution in [-0.4, -0.2) is 23.0 Å². The van der Waals surface area contributed by atoms with Gasteiger partial charge in [-0.15, -0.1) is 0 Å². The molecule has 1 aromatic rings. The first-order valence-electron chi connectivity index (χ1n) is 5.89. The van der Waals surface area contributed by atoms with Crippen LogP contribution in [0.4, 0.5) is 8.78 Å². The van der Waals surface area contributed by atoms with Gasteiger partial charge in [0.15, 0.2) is 0 Å². The molecule has 1 fully saturated rings. The van der Waals surface area contributed by atoms with Gasteiger partial charge in [-0.05, 0) is 25.0 Å². The average molecular weight is 269 g/mol. The number of carboxylic acid groups (broad SMARTS) is 1. The maximum Gasteiger partial charge on any atom is 0.306 e. The van der Waals surface area contributed by atoms with Crippen LogP contribution in [0.15, 0.2) is 24.3 Å². The number of alkyl halides is 2. The molecule has 2 rings (SSSR count). The van der Waals surface area contributed by atoms with Crippen LogP contribution < -0.4 is 5.32 Å². The van der Waals surface area contributed by atoms with Gasteiger partial charge in [0.25, 0.3) is 12.3 Å². The summed E-state index contributed by atoms with van der Waals surface area (Å²) in [6.45, 7) is 0. The van der Waals surface area contributed by atoms with Crippen LogP contribution in [0.2, 0.25) is 0 Å². The Hall–Kier alpha value is -1.98. The van der Waals surface area contributed by atoms with Gasteiger partial charge in [-0.1, -0.05) is 12.1 Å². The highest BCUT2D eigenvalue weighted by Gasteiger charge is 2.35. The van der Waals surface area contributed by atoms with E-state index in [2.05, 4.69) is 5.32 Å². The predicted octanol–water partition coefficient (Wildman–Crippen LogP) is 2.22. The van der Waals surface area contributed by atoms with Gasteiger partial charge in [0, 0.05) is 17.2 Å². The lowest BCUT2D eigenvalue weighted by Gasteiger charge is -2.32. The van der Waals surface area contributed by atoms with Crippen LogP contribution in [0.1, 0.15) is 35.2 Å². The smallest absolute Gasteiger partial charge is 0.306 e. The van der Waals surface area contributed by atoms with E-state index in [1.54, 1.807) is 0 Å². The number of carboxylic acids is 1. The third-order valence-electron chi connectivity index (χ3n) is 3.22. The monoisotopic (exact) mass is 269 g/mol. The fraction of sp³-hybridized carbons (Fsp3) is 0.385. The van der Waals surface area contributed by atoms with E-state index in [1.807, 2.05) is 0 Å². The SMILES string of the molecule is O=C(NC1CC(C(=O)O)C1)c1cccc(C(F)F)c1. The molecule has 0 atom stereocenters. The van der Waals surface area contributed by atoms with Gasteiger partial charge in [-0.25, -0.2) is 8.78 Å². The first-order chi connectivity index (χ1) is 8.97. The van der Waals surface area contributed by atoms with Crippen molar-refractivity contribution in [2.24, 2.45) is 5.92 Å². The van der Waals surface area contributed by atoms with Crippen molar-refractivity contribution >= 4 is 11.9 Å². The number of carbonyl (C=O) groups excluding carboxylic acids is 1. The van der Waals surface area contributed by atoms with Gasteiger partial charge >= 0.3 is 5.97 Å². The number of hydrogen-bond donors (Lipinski definition) is 2. The minimum Gasteiger partial charge on any atom is -0.481 e. The van der Waals surface area contributed by atoms with E-state index in [0.717, 1.165) is 6.07 Å². The molecule has 0 heterocycles. The number of nitrogens with one attached hydrogen (secondary N) is 1. The quantitative estimate of drug-likeness (QED) is 0.880. The number of hydrogen-bond acceptors (Lipinski definition) is 2. The van der Waals surface area contributed by atoms with E-state index in [0.29, 0.717) is 12.8 Å². The molecule has 0 radical (unpaired) electrons. The zero-order chi connectivity index (χ0) is 14.0. The van der Waals surface area contributed by atoms with E-state index in [4.69, 9.17) is 5.11 Å². The molecule has 0 bridgehead atoms. The summed E-state index contributed by atoms with van der Waals surface area (Å²) in [5, 5.41) is 11.3. The van der Waals surface area contributed by atoms with Crippen LogP contribution in [0.5, 0.6) is 0 Å². The van der Waals surface area contributed by atoms with Gasteiger partial charge in [0.05, 0.1) is 5.92 Å². The lowest BCUT2D eigenvalue weighted by Crippen LogP contribution is -2.46. The fourth-order valence-electron chi connectivity index (χ4n) is 2.02. The first kappa shape index (κ1) is 13.5. The van der Waals surface area contributed by atoms with Gasteiger partial charge in [-0.3, -0.25) is 9.59 Å². The zero-order valence-electron chi connectivity index (χ0n) is 9.98. The Morgan fingerprint density at radius 1 is 1.32 bits per heavy atom. The molecular formula is C13H13F2NO3. The van der Waals surface area contributed by atoms with Crippen molar-refractivity contribution in [3.05, 3.63) is 35.4 Å². The lowest BCUT2D eigenvalue weighted by molar-refractivity contribution is -0.145. The van der Waals surface area contributed by atoms with Crippen molar-refractivity contribution in [3.8, 4) is 0 Å². The number of halogens is 2. The lowest BCUT2D eigenvalue weighted by atomic mass is 9.80. The molecule has 19 heavy (non-hydrogen) atoms. The van der Waals surface area contributed by atoms with Crippen molar-refractivity contribution in [3.63, 3.8) is 0 Å². The molecule has 1 saturated carbocycles. The van der Waals surface area contributed by atoms with E-state index >= 15 is 0 Å². The molecular weight excluding hydrogens is 256 g/mol. The number of carbonyl (C=O) groups is 2. The zero-order valence-corrected chi connectivity index (χ0v) is 9.98. The summed E-state index contributed by atoms with van der Waals surface area (Å²) < 4.78 is 25.0. The summed E-state index contributed by atoms with van der Waals surface area (Å²) in [4.78, 5) is 22.4. The van der Waals surface area contributed by atoms with Gasteiger partial charge < -0.3 is 10.4 Å². The van der Waals surface area contributed by atoms with E-state index < -0.39 is 24.2 Å². The topological polar surface area (TPSA) is 66.4 Å². The van der Waals surface area contributed by atoms with Crippen LogP contribution in [-0.2, 0) is 4.79 Å². The molecule has 102 valence electrons. The van der Waals surface area contributed by atoms with E-state index in [9.17, 15) is 18.4 Å². The summed E-state index contributed by atoms with van der Waals surface area (Å²) in [7, 11) is 0. The standard InChI is InChI=1S/C13H13F2NO3/c14-11(15)7-2-1-3-8(4-7)12(17)16-10-5-9(6-10)13(18)19/h1-4,9-11H,5-6H2,(H,16,17)(H,18,19). The minimum absolute atomic E-state index is 0.163. The second-order valence-corrected chi connectivity index (χ2v) is 4.60. The molecule has 0 unspecified atom stereocenters. The highest BCUT2D eigenvalue weighted by atomic mass is 19.3. The van der Waals surface area contributed by atoms with Crippen LogP contribution in [0, 0.1) is 5.92 Å². The molecule has 0 aliphatic heterocycles. The Labute approximate surface area is 108 Å². The normalized spacial score (nSPS) is 21.8. The van der Waals surface area contributed by atoms with Crippen LogP contribution in [0.3, 0.4) is 0 Å². The van der Waals surface area contributed by atoms with Crippen LogP contribution >= 0.6 is 0 Å². The third kappa shape index (κ3) is 3.07. The predicted molar refractivity (Wildman–Crippen MR) is 63.0 cm³/mol. The largest absolute Gasteiger partial charge is 0.481 e. The summed E-state index contributed by atoms with van der Waals surface area (Å²) in [5.41, 5.74) is -0.0405. The molecule has 0 spiro atoms. The summed E-state index contributed by atoms with van der Waals surface area (Å²) in [6.07, 6.45) is -1.85. The summed E-state index contributed by atoms with van der Waals surface area (Å²) in [6, 6.07) is 5.06. The molecule has 1 aliphatic carbocycles. The third-order valence-corrected chi connectivity index (χ3v) is 3.22. The van der Waals surface area contributed by atoms with Crippen molar-refractivity contribution in [1.29, 1.82) is 0 Å².